The zero-order valence-corrected chi connectivity index (χ0v) is 13.7. The number of carbonyl (C=O) groups excluding carboxylic acids is 1. The minimum Gasteiger partial charge on any atom is -0.339 e. The molecule has 3 heteroatoms. The Kier molecular flexibility index (Phi) is 3.89. The van der Waals surface area contributed by atoms with Crippen molar-refractivity contribution in [2.45, 2.75) is 45.4 Å². The van der Waals surface area contributed by atoms with E-state index in [4.69, 9.17) is 0 Å². The molecule has 1 amide bonds. The molecular weight excluding hydrogens is 314 g/mol. The van der Waals surface area contributed by atoms with Crippen molar-refractivity contribution in [3.05, 3.63) is 33.8 Å². The van der Waals surface area contributed by atoms with Crippen molar-refractivity contribution in [2.75, 3.05) is 13.1 Å². The zero-order chi connectivity index (χ0) is 14.2. The van der Waals surface area contributed by atoms with E-state index in [9.17, 15) is 4.79 Å². The number of hydrogen-bond donors (Lipinski definition) is 0. The quantitative estimate of drug-likeness (QED) is 0.736. The van der Waals surface area contributed by atoms with E-state index in [1.807, 2.05) is 30.0 Å². The number of amides is 1. The van der Waals surface area contributed by atoms with Gasteiger partial charge in [0.1, 0.15) is 0 Å². The molecule has 1 aliphatic carbocycles. The Bertz CT molecular complexity index is 510. The van der Waals surface area contributed by atoms with Crippen LogP contribution in [0, 0.1) is 12.3 Å². The first kappa shape index (κ1) is 14.1. The van der Waals surface area contributed by atoms with E-state index in [-0.39, 0.29) is 5.91 Å². The van der Waals surface area contributed by atoms with Crippen LogP contribution in [0.3, 0.4) is 0 Å². The van der Waals surface area contributed by atoms with Crippen LogP contribution in [0.4, 0.5) is 0 Å². The summed E-state index contributed by atoms with van der Waals surface area (Å²) in [5, 5.41) is 0. The standard InChI is InChI=1S/C17H22BrNO/c1-13-4-5-14(12-15(13)18)16(20)19-10-8-17(9-11-19)6-2-3-7-17/h4-5,12H,2-3,6-11H2,1H3. The van der Waals surface area contributed by atoms with Crippen LogP contribution in [0.1, 0.15) is 54.4 Å². The fraction of sp³-hybridized carbons (Fsp3) is 0.588. The van der Waals surface area contributed by atoms with Gasteiger partial charge in [-0.05, 0) is 55.7 Å². The normalized spacial score (nSPS) is 21.4. The van der Waals surface area contributed by atoms with Gasteiger partial charge in [-0.15, -0.1) is 0 Å². The monoisotopic (exact) mass is 335 g/mol. The Morgan fingerprint density at radius 3 is 2.40 bits per heavy atom. The largest absolute Gasteiger partial charge is 0.339 e. The topological polar surface area (TPSA) is 20.3 Å². The van der Waals surface area contributed by atoms with Gasteiger partial charge in [0.15, 0.2) is 0 Å². The first-order chi connectivity index (χ1) is 9.60. The van der Waals surface area contributed by atoms with Crippen LogP contribution in [0.25, 0.3) is 0 Å². The fourth-order valence-electron chi connectivity index (χ4n) is 3.72. The highest BCUT2D eigenvalue weighted by Crippen LogP contribution is 2.46. The van der Waals surface area contributed by atoms with Crippen LogP contribution in [-0.4, -0.2) is 23.9 Å². The Morgan fingerprint density at radius 2 is 1.80 bits per heavy atom. The average molecular weight is 336 g/mol. The summed E-state index contributed by atoms with van der Waals surface area (Å²) < 4.78 is 1.02. The number of nitrogens with zero attached hydrogens (tertiary/aromatic N) is 1. The minimum atomic E-state index is 0.193. The van der Waals surface area contributed by atoms with E-state index in [1.165, 1.54) is 44.1 Å². The highest BCUT2D eigenvalue weighted by atomic mass is 79.9. The van der Waals surface area contributed by atoms with Gasteiger partial charge in [0.05, 0.1) is 0 Å². The van der Waals surface area contributed by atoms with Crippen molar-refractivity contribution in [1.82, 2.24) is 4.90 Å². The molecule has 3 rings (SSSR count). The van der Waals surface area contributed by atoms with Crippen LogP contribution in [-0.2, 0) is 0 Å². The summed E-state index contributed by atoms with van der Waals surface area (Å²) in [6.07, 6.45) is 7.94. The van der Waals surface area contributed by atoms with Crippen molar-refractivity contribution < 1.29 is 4.79 Å². The second kappa shape index (κ2) is 5.51. The molecule has 1 aliphatic heterocycles. The zero-order valence-electron chi connectivity index (χ0n) is 12.1. The van der Waals surface area contributed by atoms with Gasteiger partial charge in [-0.2, -0.15) is 0 Å². The predicted octanol–water partition coefficient (Wildman–Crippen LogP) is 4.55. The van der Waals surface area contributed by atoms with Gasteiger partial charge in [0.2, 0.25) is 0 Å². The lowest BCUT2D eigenvalue weighted by Crippen LogP contribution is -2.42. The number of benzene rings is 1. The van der Waals surface area contributed by atoms with E-state index < -0.39 is 0 Å². The molecule has 2 fully saturated rings. The Balaban J connectivity index is 1.68. The highest BCUT2D eigenvalue weighted by Gasteiger charge is 2.38. The molecule has 2 nitrogen and oxygen atoms in total. The van der Waals surface area contributed by atoms with Crippen molar-refractivity contribution in [3.8, 4) is 0 Å². The van der Waals surface area contributed by atoms with Gasteiger partial charge in [-0.1, -0.05) is 34.8 Å². The molecule has 20 heavy (non-hydrogen) atoms. The lowest BCUT2D eigenvalue weighted by Gasteiger charge is -2.39. The third-order valence-electron chi connectivity index (χ3n) is 5.19. The van der Waals surface area contributed by atoms with Crippen LogP contribution >= 0.6 is 15.9 Å². The molecule has 1 saturated heterocycles. The number of piperidine rings is 1. The van der Waals surface area contributed by atoms with Crippen molar-refractivity contribution in [2.24, 2.45) is 5.41 Å². The smallest absolute Gasteiger partial charge is 0.253 e. The van der Waals surface area contributed by atoms with Gasteiger partial charge in [0.25, 0.3) is 5.91 Å². The predicted molar refractivity (Wildman–Crippen MR) is 84.9 cm³/mol. The summed E-state index contributed by atoms with van der Waals surface area (Å²) in [7, 11) is 0. The van der Waals surface area contributed by atoms with Gasteiger partial charge in [0, 0.05) is 23.1 Å². The van der Waals surface area contributed by atoms with E-state index in [0.717, 1.165) is 23.1 Å². The summed E-state index contributed by atoms with van der Waals surface area (Å²) in [4.78, 5) is 14.6. The van der Waals surface area contributed by atoms with Crippen molar-refractivity contribution in [3.63, 3.8) is 0 Å². The summed E-state index contributed by atoms with van der Waals surface area (Å²) in [5.74, 6) is 0.193. The summed E-state index contributed by atoms with van der Waals surface area (Å²) in [5.41, 5.74) is 2.56. The molecule has 108 valence electrons. The Hall–Kier alpha value is -0.830. The Labute approximate surface area is 129 Å². The minimum absolute atomic E-state index is 0.193. The maximum absolute atomic E-state index is 12.6. The maximum atomic E-state index is 12.6. The van der Waals surface area contributed by atoms with Gasteiger partial charge < -0.3 is 4.90 Å². The summed E-state index contributed by atoms with van der Waals surface area (Å²) >= 11 is 3.52. The Morgan fingerprint density at radius 1 is 1.15 bits per heavy atom. The molecule has 0 unspecified atom stereocenters. The molecule has 0 bridgehead atoms. The molecule has 1 aromatic carbocycles. The van der Waals surface area contributed by atoms with E-state index in [0.29, 0.717) is 5.41 Å². The van der Waals surface area contributed by atoms with E-state index in [1.54, 1.807) is 0 Å². The number of carbonyl (C=O) groups is 1. The molecule has 0 atom stereocenters. The highest BCUT2D eigenvalue weighted by molar-refractivity contribution is 9.10. The first-order valence-electron chi connectivity index (χ1n) is 7.65. The van der Waals surface area contributed by atoms with Gasteiger partial charge in [-0.3, -0.25) is 4.79 Å². The molecule has 1 heterocycles. The molecule has 0 radical (unpaired) electrons. The van der Waals surface area contributed by atoms with Crippen LogP contribution in [0.5, 0.6) is 0 Å². The maximum Gasteiger partial charge on any atom is 0.253 e. The van der Waals surface area contributed by atoms with Crippen molar-refractivity contribution in [1.29, 1.82) is 0 Å². The van der Waals surface area contributed by atoms with Gasteiger partial charge in [-0.25, -0.2) is 0 Å². The molecular formula is C17H22BrNO. The third kappa shape index (κ3) is 2.65. The second-order valence-electron chi connectivity index (χ2n) is 6.46. The van der Waals surface area contributed by atoms with E-state index in [2.05, 4.69) is 15.9 Å². The number of halogens is 1. The molecule has 1 saturated carbocycles. The lowest BCUT2D eigenvalue weighted by atomic mass is 9.77. The SMILES string of the molecule is Cc1ccc(C(=O)N2CCC3(CCCC3)CC2)cc1Br. The number of aryl methyl sites for hydroxylation is 1. The molecule has 0 aromatic heterocycles. The number of hydrogen-bond acceptors (Lipinski definition) is 1. The molecule has 1 aromatic rings. The first-order valence-corrected chi connectivity index (χ1v) is 8.44. The van der Waals surface area contributed by atoms with Crippen LogP contribution in [0.2, 0.25) is 0 Å². The lowest BCUT2D eigenvalue weighted by molar-refractivity contribution is 0.0587. The molecule has 0 N–H and O–H groups in total. The fourth-order valence-corrected chi connectivity index (χ4v) is 4.10. The third-order valence-corrected chi connectivity index (χ3v) is 6.05. The molecule has 1 spiro atoms. The summed E-state index contributed by atoms with van der Waals surface area (Å²) in [6, 6.07) is 5.92. The number of rotatable bonds is 1. The summed E-state index contributed by atoms with van der Waals surface area (Å²) in [6.45, 7) is 3.91. The van der Waals surface area contributed by atoms with Crippen molar-refractivity contribution >= 4 is 21.8 Å². The average Bonchev–Trinajstić information content (AvgIpc) is 2.90. The molecule has 2 aliphatic rings. The van der Waals surface area contributed by atoms with Crippen LogP contribution < -0.4 is 0 Å². The number of likely N-dealkylation sites (tertiary alicyclic amines) is 1. The van der Waals surface area contributed by atoms with E-state index >= 15 is 0 Å². The second-order valence-corrected chi connectivity index (χ2v) is 7.32. The van der Waals surface area contributed by atoms with Crippen LogP contribution in [0.15, 0.2) is 22.7 Å². The van der Waals surface area contributed by atoms with Gasteiger partial charge >= 0.3 is 0 Å².